The maximum Gasteiger partial charge on any atom is 0.112 e. The fourth-order valence-electron chi connectivity index (χ4n) is 1.16. The number of nitrogens with two attached hydrogens (primary N) is 1. The monoisotopic (exact) mass is 252 g/mol. The SMILES string of the molecule is NCc1cc(-c2ncccc2Br)n[nH]1. The van der Waals surface area contributed by atoms with Crippen LogP contribution < -0.4 is 5.73 Å². The Hall–Kier alpha value is -1.20. The van der Waals surface area contributed by atoms with Gasteiger partial charge in [-0.15, -0.1) is 0 Å². The van der Waals surface area contributed by atoms with Crippen LogP contribution in [-0.2, 0) is 6.54 Å². The minimum atomic E-state index is 0.456. The summed E-state index contributed by atoms with van der Waals surface area (Å²) in [5.74, 6) is 0. The van der Waals surface area contributed by atoms with Crippen LogP contribution in [0.25, 0.3) is 11.4 Å². The lowest BCUT2D eigenvalue weighted by molar-refractivity contribution is 0.947. The van der Waals surface area contributed by atoms with Gasteiger partial charge in [-0.05, 0) is 34.1 Å². The quantitative estimate of drug-likeness (QED) is 0.855. The summed E-state index contributed by atoms with van der Waals surface area (Å²) in [5.41, 5.74) is 8.00. The van der Waals surface area contributed by atoms with Crippen LogP contribution in [0.15, 0.2) is 28.9 Å². The van der Waals surface area contributed by atoms with Gasteiger partial charge in [0.2, 0.25) is 0 Å². The van der Waals surface area contributed by atoms with E-state index in [1.54, 1.807) is 6.20 Å². The predicted molar refractivity (Wildman–Crippen MR) is 57.4 cm³/mol. The summed E-state index contributed by atoms with van der Waals surface area (Å²) in [4.78, 5) is 4.23. The molecule has 3 N–H and O–H groups in total. The summed E-state index contributed by atoms with van der Waals surface area (Å²) >= 11 is 3.42. The molecule has 0 amide bonds. The van der Waals surface area contributed by atoms with Crippen LogP contribution in [-0.4, -0.2) is 15.2 Å². The van der Waals surface area contributed by atoms with Crippen molar-refractivity contribution in [3.8, 4) is 11.4 Å². The molecule has 0 aliphatic rings. The van der Waals surface area contributed by atoms with Gasteiger partial charge < -0.3 is 5.73 Å². The van der Waals surface area contributed by atoms with Crippen molar-refractivity contribution in [2.24, 2.45) is 5.73 Å². The molecular formula is C9H9BrN4. The van der Waals surface area contributed by atoms with Crippen molar-refractivity contribution in [2.75, 3.05) is 0 Å². The van der Waals surface area contributed by atoms with E-state index >= 15 is 0 Å². The number of nitrogens with zero attached hydrogens (tertiary/aromatic N) is 2. The summed E-state index contributed by atoms with van der Waals surface area (Å²) in [6.45, 7) is 0.456. The fraction of sp³-hybridized carbons (Fsp3) is 0.111. The second kappa shape index (κ2) is 3.89. The van der Waals surface area contributed by atoms with Crippen molar-refractivity contribution in [1.29, 1.82) is 0 Å². The van der Waals surface area contributed by atoms with E-state index < -0.39 is 0 Å². The van der Waals surface area contributed by atoms with Gasteiger partial charge in [0.25, 0.3) is 0 Å². The Morgan fingerprint density at radius 3 is 3.00 bits per heavy atom. The van der Waals surface area contributed by atoms with Gasteiger partial charge in [-0.3, -0.25) is 10.1 Å². The Morgan fingerprint density at radius 2 is 2.36 bits per heavy atom. The number of aromatic amines is 1. The Balaban J connectivity index is 2.44. The van der Waals surface area contributed by atoms with Crippen LogP contribution in [0.4, 0.5) is 0 Å². The van der Waals surface area contributed by atoms with Gasteiger partial charge in [-0.25, -0.2) is 0 Å². The Kier molecular flexibility index (Phi) is 2.60. The molecule has 0 atom stereocenters. The molecule has 0 fully saturated rings. The van der Waals surface area contributed by atoms with E-state index in [1.807, 2.05) is 18.2 Å². The number of rotatable bonds is 2. The Bertz CT molecular complexity index is 438. The Labute approximate surface area is 89.7 Å². The van der Waals surface area contributed by atoms with E-state index in [4.69, 9.17) is 5.73 Å². The highest BCUT2D eigenvalue weighted by Crippen LogP contribution is 2.23. The van der Waals surface area contributed by atoms with Crippen LogP contribution in [0.3, 0.4) is 0 Å². The van der Waals surface area contributed by atoms with Crippen LogP contribution in [0.2, 0.25) is 0 Å². The van der Waals surface area contributed by atoms with Crippen LogP contribution >= 0.6 is 15.9 Å². The molecule has 5 heteroatoms. The number of hydrogen-bond donors (Lipinski definition) is 2. The molecule has 0 radical (unpaired) electrons. The van der Waals surface area contributed by atoms with E-state index in [9.17, 15) is 0 Å². The normalized spacial score (nSPS) is 10.4. The minimum Gasteiger partial charge on any atom is -0.325 e. The number of pyridine rings is 1. The van der Waals surface area contributed by atoms with Crippen molar-refractivity contribution in [3.63, 3.8) is 0 Å². The van der Waals surface area contributed by atoms with E-state index in [1.165, 1.54) is 0 Å². The summed E-state index contributed by atoms with van der Waals surface area (Å²) in [7, 11) is 0. The first-order chi connectivity index (χ1) is 6.81. The first-order valence-electron chi connectivity index (χ1n) is 4.16. The summed E-state index contributed by atoms with van der Waals surface area (Å²) in [6.07, 6.45) is 1.73. The maximum atomic E-state index is 5.48. The molecule has 2 rings (SSSR count). The smallest absolute Gasteiger partial charge is 0.112 e. The van der Waals surface area contributed by atoms with E-state index in [0.29, 0.717) is 6.54 Å². The second-order valence-electron chi connectivity index (χ2n) is 2.82. The first kappa shape index (κ1) is 9.36. The Morgan fingerprint density at radius 1 is 1.50 bits per heavy atom. The average molecular weight is 253 g/mol. The zero-order valence-corrected chi connectivity index (χ0v) is 8.95. The summed E-state index contributed by atoms with van der Waals surface area (Å²) < 4.78 is 0.926. The van der Waals surface area contributed by atoms with Crippen LogP contribution in [0, 0.1) is 0 Å². The number of H-pyrrole nitrogens is 1. The van der Waals surface area contributed by atoms with E-state index in [2.05, 4.69) is 31.1 Å². The largest absolute Gasteiger partial charge is 0.325 e. The number of nitrogens with one attached hydrogen (secondary N) is 1. The highest BCUT2D eigenvalue weighted by atomic mass is 79.9. The molecular weight excluding hydrogens is 244 g/mol. The number of aromatic nitrogens is 3. The number of halogens is 1. The lowest BCUT2D eigenvalue weighted by Crippen LogP contribution is -1.95. The lowest BCUT2D eigenvalue weighted by atomic mass is 10.2. The third-order valence-electron chi connectivity index (χ3n) is 1.85. The molecule has 14 heavy (non-hydrogen) atoms. The molecule has 0 aliphatic carbocycles. The molecule has 0 unspecified atom stereocenters. The third kappa shape index (κ3) is 1.69. The van der Waals surface area contributed by atoms with Gasteiger partial charge in [0.15, 0.2) is 0 Å². The molecule has 0 saturated heterocycles. The van der Waals surface area contributed by atoms with Crippen molar-refractivity contribution < 1.29 is 0 Å². The van der Waals surface area contributed by atoms with Gasteiger partial charge >= 0.3 is 0 Å². The molecule has 0 spiro atoms. The van der Waals surface area contributed by atoms with Gasteiger partial charge in [-0.1, -0.05) is 0 Å². The predicted octanol–water partition coefficient (Wildman–Crippen LogP) is 1.69. The summed E-state index contributed by atoms with van der Waals surface area (Å²) in [6, 6.07) is 5.69. The molecule has 2 heterocycles. The molecule has 72 valence electrons. The summed E-state index contributed by atoms with van der Waals surface area (Å²) in [5, 5.41) is 6.97. The topological polar surface area (TPSA) is 67.6 Å². The van der Waals surface area contributed by atoms with E-state index in [0.717, 1.165) is 21.6 Å². The molecule has 2 aromatic heterocycles. The van der Waals surface area contributed by atoms with Gasteiger partial charge in [0, 0.05) is 22.9 Å². The van der Waals surface area contributed by atoms with Gasteiger partial charge in [0.1, 0.15) is 11.4 Å². The lowest BCUT2D eigenvalue weighted by Gasteiger charge is -1.96. The van der Waals surface area contributed by atoms with Crippen molar-refractivity contribution in [2.45, 2.75) is 6.54 Å². The number of hydrogen-bond acceptors (Lipinski definition) is 3. The maximum absolute atomic E-state index is 5.48. The second-order valence-corrected chi connectivity index (χ2v) is 3.67. The zero-order valence-electron chi connectivity index (χ0n) is 7.37. The average Bonchev–Trinajstić information content (AvgIpc) is 2.67. The van der Waals surface area contributed by atoms with Crippen LogP contribution in [0.1, 0.15) is 5.69 Å². The first-order valence-corrected chi connectivity index (χ1v) is 4.96. The van der Waals surface area contributed by atoms with Crippen molar-refractivity contribution in [3.05, 3.63) is 34.6 Å². The molecule has 0 aromatic carbocycles. The van der Waals surface area contributed by atoms with Gasteiger partial charge in [0.05, 0.1) is 0 Å². The van der Waals surface area contributed by atoms with Crippen molar-refractivity contribution >= 4 is 15.9 Å². The molecule has 4 nitrogen and oxygen atoms in total. The molecule has 0 saturated carbocycles. The van der Waals surface area contributed by atoms with Gasteiger partial charge in [-0.2, -0.15) is 5.10 Å². The highest BCUT2D eigenvalue weighted by molar-refractivity contribution is 9.10. The zero-order chi connectivity index (χ0) is 9.97. The third-order valence-corrected chi connectivity index (χ3v) is 2.49. The van der Waals surface area contributed by atoms with E-state index in [-0.39, 0.29) is 0 Å². The van der Waals surface area contributed by atoms with Crippen LogP contribution in [0.5, 0.6) is 0 Å². The molecule has 0 bridgehead atoms. The molecule has 0 aliphatic heterocycles. The van der Waals surface area contributed by atoms with Crippen molar-refractivity contribution in [1.82, 2.24) is 15.2 Å². The fourth-order valence-corrected chi connectivity index (χ4v) is 1.62. The molecule has 2 aromatic rings. The highest BCUT2D eigenvalue weighted by Gasteiger charge is 2.07. The minimum absolute atomic E-state index is 0.456. The standard InChI is InChI=1S/C9H9BrN4/c10-7-2-1-3-12-9(7)8-4-6(5-11)13-14-8/h1-4H,5,11H2,(H,13,14).